The van der Waals surface area contributed by atoms with Crippen LogP contribution in [0.1, 0.15) is 16.9 Å². The Morgan fingerprint density at radius 2 is 1.70 bits per heavy atom. The number of ether oxygens (including phenoxy) is 2. The average Bonchev–Trinajstić information content (AvgIpc) is 2.81. The molecule has 1 N–H and O–H groups in total. The average molecular weight is 552 g/mol. The Balaban J connectivity index is 1.62. The van der Waals surface area contributed by atoms with Crippen LogP contribution in [0.5, 0.6) is 17.2 Å². The summed E-state index contributed by atoms with van der Waals surface area (Å²) in [6.07, 6.45) is -5.02. The van der Waals surface area contributed by atoms with Crippen molar-refractivity contribution < 1.29 is 31.9 Å². The molecule has 1 aromatic heterocycles. The summed E-state index contributed by atoms with van der Waals surface area (Å²) >= 11 is 11.9. The van der Waals surface area contributed by atoms with Gasteiger partial charge in [-0.3, -0.25) is 9.59 Å². The van der Waals surface area contributed by atoms with E-state index in [1.807, 2.05) is 6.07 Å². The van der Waals surface area contributed by atoms with Gasteiger partial charge in [-0.1, -0.05) is 35.3 Å². The first-order chi connectivity index (χ1) is 17.4. The highest BCUT2D eigenvalue weighted by Gasteiger charge is 2.40. The lowest BCUT2D eigenvalue weighted by atomic mass is 10.1. The second-order valence-electron chi connectivity index (χ2n) is 8.11. The lowest BCUT2D eigenvalue weighted by Gasteiger charge is -2.14. The van der Waals surface area contributed by atoms with Crippen molar-refractivity contribution in [3.8, 4) is 17.2 Å². The molecule has 3 aromatic carbocycles. The summed E-state index contributed by atoms with van der Waals surface area (Å²) in [4.78, 5) is 25.2. The number of hydrogen-bond acceptors (Lipinski definition) is 5. The van der Waals surface area contributed by atoms with Crippen LogP contribution in [0.4, 0.5) is 18.9 Å². The number of aryl methyl sites for hydroxylation is 2. The molecule has 0 fully saturated rings. The van der Waals surface area contributed by atoms with Crippen molar-refractivity contribution in [1.82, 2.24) is 0 Å². The highest BCUT2D eigenvalue weighted by Crippen LogP contribution is 2.39. The summed E-state index contributed by atoms with van der Waals surface area (Å²) in [6.45, 7) is 3.00. The second kappa shape index (κ2) is 10.4. The maximum atomic E-state index is 13.8. The zero-order valence-corrected chi connectivity index (χ0v) is 20.8. The number of rotatable bonds is 6. The topological polar surface area (TPSA) is 77.8 Å². The van der Waals surface area contributed by atoms with E-state index in [4.69, 9.17) is 37.1 Å². The van der Waals surface area contributed by atoms with Gasteiger partial charge in [0.2, 0.25) is 11.2 Å². The van der Waals surface area contributed by atoms with Crippen molar-refractivity contribution in [3.05, 3.63) is 91.8 Å². The van der Waals surface area contributed by atoms with Crippen LogP contribution >= 0.6 is 23.2 Å². The number of halogens is 5. The quantitative estimate of drug-likeness (QED) is 0.267. The summed E-state index contributed by atoms with van der Waals surface area (Å²) in [7, 11) is 0. The molecule has 37 heavy (non-hydrogen) atoms. The predicted molar refractivity (Wildman–Crippen MR) is 134 cm³/mol. The fraction of sp³-hybridized carbons (Fsp3) is 0.154. The van der Waals surface area contributed by atoms with Crippen LogP contribution in [0.3, 0.4) is 0 Å². The Morgan fingerprint density at radius 3 is 2.38 bits per heavy atom. The molecule has 0 saturated heterocycles. The van der Waals surface area contributed by atoms with Crippen molar-refractivity contribution >= 4 is 45.8 Å². The molecule has 1 heterocycles. The SMILES string of the molecule is Cc1cc(C)cc(Oc2c(C(F)(F)F)oc3cc(OCC(=O)Nc4cccc(Cl)c4Cl)ccc3c2=O)c1. The standard InChI is InChI=1S/C26H18Cl2F3NO5/c1-13-8-14(2)10-16(9-13)36-24-23(34)17-7-6-15(11-20(17)37-25(24)26(29,30)31)35-12-21(33)32-19-5-3-4-18(27)22(19)28/h3-11H,12H2,1-2H3,(H,32,33). The van der Waals surface area contributed by atoms with Crippen LogP contribution in [0, 0.1) is 13.8 Å². The van der Waals surface area contributed by atoms with Crippen LogP contribution in [0.25, 0.3) is 11.0 Å². The molecule has 4 rings (SSSR count). The Kier molecular flexibility index (Phi) is 7.38. The maximum Gasteiger partial charge on any atom is 0.453 e. The van der Waals surface area contributed by atoms with Gasteiger partial charge in [0.25, 0.3) is 11.7 Å². The maximum absolute atomic E-state index is 13.8. The van der Waals surface area contributed by atoms with Crippen LogP contribution < -0.4 is 20.2 Å². The van der Waals surface area contributed by atoms with Gasteiger partial charge in [0.15, 0.2) is 6.61 Å². The molecular weight excluding hydrogens is 534 g/mol. The molecule has 11 heteroatoms. The molecule has 0 unspecified atom stereocenters. The minimum atomic E-state index is -5.02. The van der Waals surface area contributed by atoms with Gasteiger partial charge in [-0.2, -0.15) is 13.2 Å². The highest BCUT2D eigenvalue weighted by atomic mass is 35.5. The molecule has 0 aliphatic rings. The van der Waals surface area contributed by atoms with Gasteiger partial charge in [0.1, 0.15) is 17.1 Å². The predicted octanol–water partition coefficient (Wildman–Crippen LogP) is 7.55. The molecule has 6 nitrogen and oxygen atoms in total. The van der Waals surface area contributed by atoms with E-state index in [0.717, 1.165) is 17.2 Å². The van der Waals surface area contributed by atoms with Gasteiger partial charge < -0.3 is 19.2 Å². The molecule has 0 spiro atoms. The van der Waals surface area contributed by atoms with E-state index < -0.39 is 35.6 Å². The minimum absolute atomic E-state index is 0.000840. The smallest absolute Gasteiger partial charge is 0.453 e. The lowest BCUT2D eigenvalue weighted by molar-refractivity contribution is -0.154. The second-order valence-corrected chi connectivity index (χ2v) is 8.89. The molecule has 0 saturated carbocycles. The Bertz CT molecular complexity index is 1550. The van der Waals surface area contributed by atoms with Gasteiger partial charge in [-0.25, -0.2) is 0 Å². The van der Waals surface area contributed by atoms with Gasteiger partial charge in [0.05, 0.1) is 21.1 Å². The Labute approximate surface area is 218 Å². The third kappa shape index (κ3) is 6.00. The monoisotopic (exact) mass is 551 g/mol. The van der Waals surface area contributed by atoms with Crippen LogP contribution in [0.2, 0.25) is 10.0 Å². The van der Waals surface area contributed by atoms with E-state index in [0.29, 0.717) is 0 Å². The van der Waals surface area contributed by atoms with Crippen LogP contribution in [-0.2, 0) is 11.0 Å². The molecule has 192 valence electrons. The summed E-state index contributed by atoms with van der Waals surface area (Å²) in [5.74, 6) is -3.09. The molecular formula is C26H18Cl2F3NO5. The number of carbonyl (C=O) groups is 1. The highest BCUT2D eigenvalue weighted by molar-refractivity contribution is 6.44. The first-order valence-electron chi connectivity index (χ1n) is 10.7. The first-order valence-corrected chi connectivity index (χ1v) is 11.5. The third-order valence-electron chi connectivity index (χ3n) is 5.09. The molecule has 0 atom stereocenters. The van der Waals surface area contributed by atoms with E-state index in [1.165, 1.54) is 30.3 Å². The van der Waals surface area contributed by atoms with E-state index in [9.17, 15) is 22.8 Å². The van der Waals surface area contributed by atoms with E-state index in [1.54, 1.807) is 26.0 Å². The summed E-state index contributed by atoms with van der Waals surface area (Å²) in [6, 6.07) is 13.2. The number of carbonyl (C=O) groups excluding carboxylic acids is 1. The summed E-state index contributed by atoms with van der Waals surface area (Å²) in [5, 5.41) is 2.74. The number of hydrogen-bond donors (Lipinski definition) is 1. The summed E-state index contributed by atoms with van der Waals surface area (Å²) in [5.41, 5.74) is 0.362. The van der Waals surface area contributed by atoms with Crippen molar-refractivity contribution in [1.29, 1.82) is 0 Å². The molecule has 0 bridgehead atoms. The molecule has 1 amide bonds. The molecule has 0 radical (unpaired) electrons. The fourth-order valence-electron chi connectivity index (χ4n) is 3.57. The van der Waals surface area contributed by atoms with Crippen LogP contribution in [-0.4, -0.2) is 12.5 Å². The van der Waals surface area contributed by atoms with Gasteiger partial charge in [-0.05, 0) is 61.4 Å². The van der Waals surface area contributed by atoms with Crippen molar-refractivity contribution in [2.24, 2.45) is 0 Å². The number of fused-ring (bicyclic) bond motifs is 1. The van der Waals surface area contributed by atoms with E-state index in [-0.39, 0.29) is 38.2 Å². The normalized spacial score (nSPS) is 11.4. The number of alkyl halides is 3. The number of amides is 1. The number of anilines is 1. The summed E-state index contributed by atoms with van der Waals surface area (Å²) < 4.78 is 57.3. The largest absolute Gasteiger partial charge is 0.484 e. The molecule has 4 aromatic rings. The van der Waals surface area contributed by atoms with Gasteiger partial charge in [0, 0.05) is 6.07 Å². The van der Waals surface area contributed by atoms with E-state index >= 15 is 0 Å². The Hall–Kier alpha value is -3.69. The Morgan fingerprint density at radius 1 is 1.00 bits per heavy atom. The number of nitrogens with one attached hydrogen (secondary N) is 1. The fourth-order valence-corrected chi connectivity index (χ4v) is 3.92. The lowest BCUT2D eigenvalue weighted by Crippen LogP contribution is -2.20. The van der Waals surface area contributed by atoms with E-state index in [2.05, 4.69) is 5.32 Å². The number of benzene rings is 3. The van der Waals surface area contributed by atoms with Gasteiger partial charge in [-0.15, -0.1) is 0 Å². The van der Waals surface area contributed by atoms with Crippen molar-refractivity contribution in [2.45, 2.75) is 20.0 Å². The third-order valence-corrected chi connectivity index (χ3v) is 5.91. The van der Waals surface area contributed by atoms with Crippen LogP contribution in [0.15, 0.2) is 63.8 Å². The molecule has 0 aliphatic carbocycles. The first kappa shape index (κ1) is 26.4. The van der Waals surface area contributed by atoms with Crippen molar-refractivity contribution in [3.63, 3.8) is 0 Å². The molecule has 0 aliphatic heterocycles. The van der Waals surface area contributed by atoms with Gasteiger partial charge >= 0.3 is 6.18 Å². The van der Waals surface area contributed by atoms with Crippen molar-refractivity contribution in [2.75, 3.05) is 11.9 Å². The zero-order valence-electron chi connectivity index (χ0n) is 19.3. The zero-order chi connectivity index (χ0) is 26.9. The minimum Gasteiger partial charge on any atom is -0.484 e.